The van der Waals surface area contributed by atoms with Gasteiger partial charge in [-0.25, -0.2) is 17.5 Å². The number of hydrogen-bond donors (Lipinski definition) is 3. The number of halogens is 1. The third-order valence-corrected chi connectivity index (χ3v) is 4.43. The minimum Gasteiger partial charge on any atom is -0.396 e. The Labute approximate surface area is 124 Å². The fourth-order valence-corrected chi connectivity index (χ4v) is 3.44. The molecule has 120 valence electrons. The molecular formula is C13H22FN3O3S. The van der Waals surface area contributed by atoms with Gasteiger partial charge in [-0.3, -0.25) is 0 Å². The first-order valence-electron chi connectivity index (χ1n) is 6.37. The van der Waals surface area contributed by atoms with Gasteiger partial charge in [-0.2, -0.15) is 0 Å². The molecule has 0 spiro atoms. The van der Waals surface area contributed by atoms with Crippen molar-refractivity contribution in [2.75, 3.05) is 32.9 Å². The molecule has 0 fully saturated rings. The molecule has 0 heterocycles. The highest BCUT2D eigenvalue weighted by Crippen LogP contribution is 2.21. The first-order chi connectivity index (χ1) is 9.44. The van der Waals surface area contributed by atoms with Crippen molar-refractivity contribution in [3.63, 3.8) is 0 Å². The number of hydrogen-bond acceptors (Lipinski definition) is 5. The zero-order valence-corrected chi connectivity index (χ0v) is 13.5. The molecule has 21 heavy (non-hydrogen) atoms. The van der Waals surface area contributed by atoms with E-state index >= 15 is 0 Å². The number of benzene rings is 1. The normalized spacial score (nSPS) is 15.2. The Morgan fingerprint density at radius 1 is 1.43 bits per heavy atom. The van der Waals surface area contributed by atoms with Crippen molar-refractivity contribution < 1.29 is 17.9 Å². The van der Waals surface area contributed by atoms with Gasteiger partial charge in [-0.1, -0.05) is 0 Å². The predicted molar refractivity (Wildman–Crippen MR) is 79.9 cm³/mol. The first-order valence-corrected chi connectivity index (χ1v) is 7.85. The summed E-state index contributed by atoms with van der Waals surface area (Å²) in [4.78, 5) is 1.65. The van der Waals surface area contributed by atoms with E-state index in [4.69, 9.17) is 5.73 Å². The van der Waals surface area contributed by atoms with E-state index in [1.165, 1.54) is 13.8 Å². The number of nitrogens with zero attached hydrogens (tertiary/aromatic N) is 1. The average Bonchev–Trinajstić information content (AvgIpc) is 2.30. The number of nitrogens with one attached hydrogen (secondary N) is 1. The maximum absolute atomic E-state index is 13.3. The fraction of sp³-hybridized carbons (Fsp3) is 0.538. The van der Waals surface area contributed by atoms with Crippen LogP contribution in [0.4, 0.5) is 10.1 Å². The Morgan fingerprint density at radius 3 is 2.52 bits per heavy atom. The molecule has 1 unspecified atom stereocenters. The van der Waals surface area contributed by atoms with Crippen LogP contribution in [0.3, 0.4) is 0 Å². The summed E-state index contributed by atoms with van der Waals surface area (Å²) in [5.74, 6) is -0.661. The van der Waals surface area contributed by atoms with Crippen molar-refractivity contribution in [2.45, 2.75) is 24.3 Å². The number of rotatable bonds is 6. The van der Waals surface area contributed by atoms with Gasteiger partial charge in [0.15, 0.2) is 0 Å². The van der Waals surface area contributed by atoms with E-state index in [0.29, 0.717) is 6.54 Å². The van der Waals surface area contributed by atoms with Crippen molar-refractivity contribution in [3.05, 3.63) is 23.5 Å². The molecule has 0 saturated heterocycles. The molecule has 0 aliphatic rings. The molecule has 0 aliphatic carbocycles. The van der Waals surface area contributed by atoms with E-state index in [0.717, 1.165) is 12.1 Å². The Hall–Kier alpha value is -1.22. The molecular weight excluding hydrogens is 297 g/mol. The van der Waals surface area contributed by atoms with E-state index in [1.807, 2.05) is 0 Å². The smallest absolute Gasteiger partial charge is 0.241 e. The predicted octanol–water partition coefficient (Wildman–Crippen LogP) is 0.307. The van der Waals surface area contributed by atoms with Gasteiger partial charge in [-0.15, -0.1) is 0 Å². The summed E-state index contributed by atoms with van der Waals surface area (Å²) in [6.45, 7) is 3.14. The third-order valence-electron chi connectivity index (χ3n) is 2.88. The van der Waals surface area contributed by atoms with Crippen LogP contribution >= 0.6 is 0 Å². The largest absolute Gasteiger partial charge is 0.396 e. The summed E-state index contributed by atoms with van der Waals surface area (Å²) in [6, 6.07) is 2.15. The summed E-state index contributed by atoms with van der Waals surface area (Å²) in [5, 5.41) is 10.1. The molecule has 0 bridgehead atoms. The highest BCUT2D eigenvalue weighted by Gasteiger charge is 2.26. The van der Waals surface area contributed by atoms with E-state index in [2.05, 4.69) is 4.72 Å². The Morgan fingerprint density at radius 2 is 2.00 bits per heavy atom. The Bertz CT molecular complexity index is 615. The van der Waals surface area contributed by atoms with Gasteiger partial charge in [0.25, 0.3) is 0 Å². The van der Waals surface area contributed by atoms with Crippen LogP contribution in [0.1, 0.15) is 12.5 Å². The maximum atomic E-state index is 13.3. The molecule has 1 aromatic rings. The standard InChI is InChI=1S/C13H22FN3O3S/c1-9-5-10(14)11(15)6-12(9)21(19,20)16-7-13(2,18)8-17(3)4/h5-6,16,18H,7-8,15H2,1-4H3. The fourth-order valence-electron chi connectivity index (χ4n) is 2.02. The summed E-state index contributed by atoms with van der Waals surface area (Å²) in [7, 11) is -0.331. The minimum absolute atomic E-state index is 0.0953. The first kappa shape index (κ1) is 17.8. The van der Waals surface area contributed by atoms with Crippen LogP contribution in [0.15, 0.2) is 17.0 Å². The van der Waals surface area contributed by atoms with E-state index in [-0.39, 0.29) is 22.7 Å². The Balaban J connectivity index is 2.95. The van der Waals surface area contributed by atoms with E-state index < -0.39 is 21.4 Å². The van der Waals surface area contributed by atoms with Gasteiger partial charge in [0.05, 0.1) is 16.2 Å². The lowest BCUT2D eigenvalue weighted by Crippen LogP contribution is -2.47. The number of aliphatic hydroxyl groups is 1. The van der Waals surface area contributed by atoms with Crippen LogP contribution in [0.25, 0.3) is 0 Å². The number of nitrogens with two attached hydrogens (primary N) is 1. The monoisotopic (exact) mass is 319 g/mol. The molecule has 6 nitrogen and oxygen atoms in total. The molecule has 0 amide bonds. The van der Waals surface area contributed by atoms with Gasteiger partial charge in [0, 0.05) is 13.1 Å². The number of nitrogen functional groups attached to an aromatic ring is 1. The van der Waals surface area contributed by atoms with Gasteiger partial charge in [-0.05, 0) is 45.6 Å². The summed E-state index contributed by atoms with van der Waals surface area (Å²) < 4.78 is 40.1. The number of anilines is 1. The number of aryl methyl sites for hydroxylation is 1. The quantitative estimate of drug-likeness (QED) is 0.656. The van der Waals surface area contributed by atoms with Gasteiger partial charge >= 0.3 is 0 Å². The van der Waals surface area contributed by atoms with Crippen LogP contribution < -0.4 is 10.5 Å². The minimum atomic E-state index is -3.87. The van der Waals surface area contributed by atoms with Crippen LogP contribution in [0, 0.1) is 12.7 Å². The van der Waals surface area contributed by atoms with Crippen LogP contribution in [0.5, 0.6) is 0 Å². The van der Waals surface area contributed by atoms with E-state index in [9.17, 15) is 17.9 Å². The second-order valence-electron chi connectivity index (χ2n) is 5.70. The lowest BCUT2D eigenvalue weighted by Gasteiger charge is -2.27. The van der Waals surface area contributed by atoms with Crippen molar-refractivity contribution in [3.8, 4) is 0 Å². The van der Waals surface area contributed by atoms with Gasteiger partial charge in [0.2, 0.25) is 10.0 Å². The van der Waals surface area contributed by atoms with Crippen LogP contribution in [-0.2, 0) is 10.0 Å². The summed E-state index contributed by atoms with van der Waals surface area (Å²) in [6.07, 6.45) is 0. The van der Waals surface area contributed by atoms with E-state index in [1.54, 1.807) is 19.0 Å². The molecule has 0 aliphatic heterocycles. The number of likely N-dealkylation sites (N-methyl/N-ethyl adjacent to an activating group) is 1. The molecule has 0 radical (unpaired) electrons. The second-order valence-corrected chi connectivity index (χ2v) is 7.43. The van der Waals surface area contributed by atoms with Crippen molar-refractivity contribution in [2.24, 2.45) is 0 Å². The van der Waals surface area contributed by atoms with Crippen LogP contribution in [-0.4, -0.2) is 51.2 Å². The lowest BCUT2D eigenvalue weighted by molar-refractivity contribution is 0.0386. The summed E-state index contributed by atoms with van der Waals surface area (Å²) in [5.41, 5.74) is 4.20. The lowest BCUT2D eigenvalue weighted by atomic mass is 10.1. The molecule has 0 saturated carbocycles. The van der Waals surface area contributed by atoms with Crippen molar-refractivity contribution in [1.82, 2.24) is 9.62 Å². The van der Waals surface area contributed by atoms with Crippen molar-refractivity contribution in [1.29, 1.82) is 0 Å². The molecule has 1 rings (SSSR count). The van der Waals surface area contributed by atoms with Gasteiger partial charge in [0.1, 0.15) is 5.82 Å². The zero-order valence-electron chi connectivity index (χ0n) is 12.6. The molecule has 1 aromatic carbocycles. The molecule has 4 N–H and O–H groups in total. The summed E-state index contributed by atoms with van der Waals surface area (Å²) >= 11 is 0. The molecule has 1 atom stereocenters. The zero-order chi connectivity index (χ0) is 16.4. The average molecular weight is 319 g/mol. The molecule has 0 aromatic heterocycles. The highest BCUT2D eigenvalue weighted by atomic mass is 32.2. The van der Waals surface area contributed by atoms with Gasteiger partial charge < -0.3 is 15.7 Å². The third kappa shape index (κ3) is 4.92. The molecule has 8 heteroatoms. The second kappa shape index (κ2) is 6.27. The number of sulfonamides is 1. The topological polar surface area (TPSA) is 95.7 Å². The maximum Gasteiger partial charge on any atom is 0.241 e. The van der Waals surface area contributed by atoms with Crippen molar-refractivity contribution >= 4 is 15.7 Å². The SMILES string of the molecule is Cc1cc(F)c(N)cc1S(=O)(=O)NCC(C)(O)CN(C)C. The Kier molecular flexibility index (Phi) is 5.32. The highest BCUT2D eigenvalue weighted by molar-refractivity contribution is 7.89. The van der Waals surface area contributed by atoms with Crippen LogP contribution in [0.2, 0.25) is 0 Å².